The molecule has 1 aliphatic carbocycles. The van der Waals surface area contributed by atoms with Crippen molar-refractivity contribution in [1.82, 2.24) is 0 Å². The maximum atomic E-state index is 6.00. The first kappa shape index (κ1) is 12.4. The van der Waals surface area contributed by atoms with Gasteiger partial charge in [0.2, 0.25) is 0 Å². The SMILES string of the molecule is CC1CC(C)CC(SCC(C)(C)N)C1. The molecule has 0 saturated heterocycles. The van der Waals surface area contributed by atoms with Crippen molar-refractivity contribution >= 4 is 11.8 Å². The second-order valence-corrected chi connectivity index (χ2v) is 7.13. The molecule has 2 atom stereocenters. The monoisotopic (exact) mass is 215 g/mol. The summed E-state index contributed by atoms with van der Waals surface area (Å²) < 4.78 is 0. The Morgan fingerprint density at radius 1 is 1.14 bits per heavy atom. The highest BCUT2D eigenvalue weighted by Gasteiger charge is 2.25. The molecule has 2 N–H and O–H groups in total. The summed E-state index contributed by atoms with van der Waals surface area (Å²) in [5, 5.41) is 0.858. The highest BCUT2D eigenvalue weighted by Crippen LogP contribution is 2.36. The largest absolute Gasteiger partial charge is 0.325 e. The molecular weight excluding hydrogens is 190 g/mol. The molecule has 2 unspecified atom stereocenters. The fourth-order valence-corrected chi connectivity index (χ4v) is 3.94. The Bertz CT molecular complexity index is 164. The third-order valence-electron chi connectivity index (χ3n) is 2.83. The van der Waals surface area contributed by atoms with Crippen LogP contribution >= 0.6 is 11.8 Å². The smallest absolute Gasteiger partial charge is 0.0188 e. The Morgan fingerprint density at radius 3 is 2.07 bits per heavy atom. The van der Waals surface area contributed by atoms with Gasteiger partial charge in [0.1, 0.15) is 0 Å². The first-order valence-electron chi connectivity index (χ1n) is 5.77. The topological polar surface area (TPSA) is 26.0 Å². The number of hydrogen-bond donors (Lipinski definition) is 1. The number of rotatable bonds is 3. The predicted octanol–water partition coefficient (Wildman–Crippen LogP) is 3.28. The van der Waals surface area contributed by atoms with E-state index < -0.39 is 0 Å². The van der Waals surface area contributed by atoms with Gasteiger partial charge in [-0.15, -0.1) is 0 Å². The Hall–Kier alpha value is 0.310. The van der Waals surface area contributed by atoms with Gasteiger partial charge in [0.25, 0.3) is 0 Å². The Morgan fingerprint density at radius 2 is 1.64 bits per heavy atom. The summed E-state index contributed by atoms with van der Waals surface area (Å²) in [6.07, 6.45) is 4.21. The molecule has 0 spiro atoms. The van der Waals surface area contributed by atoms with E-state index in [2.05, 4.69) is 39.5 Å². The van der Waals surface area contributed by atoms with Crippen LogP contribution in [0.3, 0.4) is 0 Å². The molecule has 0 aliphatic heterocycles. The average Bonchev–Trinajstić information content (AvgIpc) is 1.97. The van der Waals surface area contributed by atoms with E-state index >= 15 is 0 Å². The van der Waals surface area contributed by atoms with Crippen molar-refractivity contribution in [2.45, 2.75) is 57.7 Å². The molecule has 1 rings (SSSR count). The first-order valence-corrected chi connectivity index (χ1v) is 6.82. The highest BCUT2D eigenvalue weighted by atomic mass is 32.2. The van der Waals surface area contributed by atoms with Crippen LogP contribution in [0.2, 0.25) is 0 Å². The van der Waals surface area contributed by atoms with Crippen LogP contribution in [0.25, 0.3) is 0 Å². The van der Waals surface area contributed by atoms with E-state index in [4.69, 9.17) is 5.73 Å². The maximum absolute atomic E-state index is 6.00. The van der Waals surface area contributed by atoms with Crippen LogP contribution in [-0.4, -0.2) is 16.5 Å². The van der Waals surface area contributed by atoms with Crippen molar-refractivity contribution in [2.24, 2.45) is 17.6 Å². The van der Waals surface area contributed by atoms with Crippen LogP contribution in [0.4, 0.5) is 0 Å². The molecular formula is C12H25NS. The van der Waals surface area contributed by atoms with Gasteiger partial charge in [-0.1, -0.05) is 13.8 Å². The number of thioether (sulfide) groups is 1. The van der Waals surface area contributed by atoms with Gasteiger partial charge >= 0.3 is 0 Å². The van der Waals surface area contributed by atoms with Gasteiger partial charge in [-0.05, 0) is 44.9 Å². The van der Waals surface area contributed by atoms with Gasteiger partial charge in [0.15, 0.2) is 0 Å². The average molecular weight is 215 g/mol. The summed E-state index contributed by atoms with van der Waals surface area (Å²) in [4.78, 5) is 0. The lowest BCUT2D eigenvalue weighted by Gasteiger charge is -2.32. The molecule has 0 heterocycles. The highest BCUT2D eigenvalue weighted by molar-refractivity contribution is 7.99. The van der Waals surface area contributed by atoms with Gasteiger partial charge in [-0.2, -0.15) is 11.8 Å². The quantitative estimate of drug-likeness (QED) is 0.782. The van der Waals surface area contributed by atoms with E-state index in [1.807, 2.05) is 0 Å². The molecule has 1 aliphatic rings. The minimum atomic E-state index is -0.00537. The van der Waals surface area contributed by atoms with Crippen LogP contribution in [0.15, 0.2) is 0 Å². The summed E-state index contributed by atoms with van der Waals surface area (Å²) in [5.41, 5.74) is 6.00. The molecule has 1 saturated carbocycles. The van der Waals surface area contributed by atoms with Crippen molar-refractivity contribution in [3.05, 3.63) is 0 Å². The Kier molecular flexibility index (Phi) is 4.32. The molecule has 0 aromatic carbocycles. The minimum absolute atomic E-state index is 0.00537. The molecule has 0 aromatic rings. The molecule has 0 radical (unpaired) electrons. The van der Waals surface area contributed by atoms with Gasteiger partial charge in [-0.3, -0.25) is 0 Å². The van der Waals surface area contributed by atoms with E-state index in [-0.39, 0.29) is 5.54 Å². The van der Waals surface area contributed by atoms with Crippen LogP contribution in [0.5, 0.6) is 0 Å². The zero-order chi connectivity index (χ0) is 10.8. The van der Waals surface area contributed by atoms with Crippen molar-refractivity contribution in [2.75, 3.05) is 5.75 Å². The van der Waals surface area contributed by atoms with Gasteiger partial charge in [-0.25, -0.2) is 0 Å². The fourth-order valence-electron chi connectivity index (χ4n) is 2.34. The summed E-state index contributed by atoms with van der Waals surface area (Å²) in [5.74, 6) is 2.92. The third kappa shape index (κ3) is 4.70. The summed E-state index contributed by atoms with van der Waals surface area (Å²) in [6.45, 7) is 9.01. The predicted molar refractivity (Wildman–Crippen MR) is 66.7 cm³/mol. The zero-order valence-corrected chi connectivity index (χ0v) is 10.9. The van der Waals surface area contributed by atoms with E-state index in [0.29, 0.717) is 0 Å². The zero-order valence-electron chi connectivity index (χ0n) is 10.0. The number of hydrogen-bond acceptors (Lipinski definition) is 2. The normalized spacial score (nSPS) is 34.5. The lowest BCUT2D eigenvalue weighted by Crippen LogP contribution is -2.36. The van der Waals surface area contributed by atoms with E-state index in [1.54, 1.807) is 0 Å². The lowest BCUT2D eigenvalue weighted by atomic mass is 9.83. The van der Waals surface area contributed by atoms with E-state index in [1.165, 1.54) is 19.3 Å². The standard InChI is InChI=1S/C12H25NS/c1-9-5-10(2)7-11(6-9)14-8-12(3,4)13/h9-11H,5-8,13H2,1-4H3. The van der Waals surface area contributed by atoms with E-state index in [0.717, 1.165) is 22.8 Å². The van der Waals surface area contributed by atoms with Crippen molar-refractivity contribution < 1.29 is 0 Å². The maximum Gasteiger partial charge on any atom is 0.0188 e. The minimum Gasteiger partial charge on any atom is -0.325 e. The Balaban J connectivity index is 2.30. The van der Waals surface area contributed by atoms with Crippen molar-refractivity contribution in [3.63, 3.8) is 0 Å². The van der Waals surface area contributed by atoms with Crippen LogP contribution in [-0.2, 0) is 0 Å². The molecule has 1 nitrogen and oxygen atoms in total. The first-order chi connectivity index (χ1) is 6.37. The molecule has 1 fully saturated rings. The lowest BCUT2D eigenvalue weighted by molar-refractivity contribution is 0.308. The number of nitrogens with two attached hydrogens (primary N) is 1. The van der Waals surface area contributed by atoms with Crippen molar-refractivity contribution in [3.8, 4) is 0 Å². The molecule has 0 aromatic heterocycles. The van der Waals surface area contributed by atoms with Crippen LogP contribution in [0.1, 0.15) is 47.0 Å². The molecule has 0 amide bonds. The van der Waals surface area contributed by atoms with Crippen LogP contribution in [0, 0.1) is 11.8 Å². The van der Waals surface area contributed by atoms with Crippen LogP contribution < -0.4 is 5.73 Å². The third-order valence-corrected chi connectivity index (χ3v) is 4.59. The van der Waals surface area contributed by atoms with Gasteiger partial charge in [0, 0.05) is 16.5 Å². The van der Waals surface area contributed by atoms with Crippen molar-refractivity contribution in [1.29, 1.82) is 0 Å². The fraction of sp³-hybridized carbons (Fsp3) is 1.00. The van der Waals surface area contributed by atoms with Gasteiger partial charge in [0.05, 0.1) is 0 Å². The summed E-state index contributed by atoms with van der Waals surface area (Å²) in [7, 11) is 0. The molecule has 84 valence electrons. The molecule has 14 heavy (non-hydrogen) atoms. The molecule has 2 heteroatoms. The van der Waals surface area contributed by atoms with Gasteiger partial charge < -0.3 is 5.73 Å². The summed E-state index contributed by atoms with van der Waals surface area (Å²) in [6, 6.07) is 0. The summed E-state index contributed by atoms with van der Waals surface area (Å²) >= 11 is 2.09. The second kappa shape index (κ2) is 4.89. The molecule has 0 bridgehead atoms. The second-order valence-electron chi connectivity index (χ2n) is 5.84. The Labute approximate surface area is 93.2 Å². The van der Waals surface area contributed by atoms with E-state index in [9.17, 15) is 0 Å².